The van der Waals surface area contributed by atoms with Gasteiger partial charge in [-0.25, -0.2) is 9.78 Å². The monoisotopic (exact) mass is 238 g/mol. The van der Waals surface area contributed by atoms with Crippen molar-refractivity contribution in [1.82, 2.24) is 9.55 Å². The third-order valence-electron chi connectivity index (χ3n) is 2.51. The van der Waals surface area contributed by atoms with E-state index in [0.717, 1.165) is 16.9 Å². The Morgan fingerprint density at radius 3 is 2.94 bits per heavy atom. The van der Waals surface area contributed by atoms with Crippen LogP contribution in [0.25, 0.3) is 11.0 Å². The highest BCUT2D eigenvalue weighted by Crippen LogP contribution is 2.18. The minimum Gasteiger partial charge on any atom is -0.465 e. The lowest BCUT2D eigenvalue weighted by molar-refractivity contribution is 0.0601. The largest absolute Gasteiger partial charge is 0.465 e. The fourth-order valence-corrected chi connectivity index (χ4v) is 1.85. The van der Waals surface area contributed by atoms with Gasteiger partial charge in [-0.05, 0) is 18.2 Å². The summed E-state index contributed by atoms with van der Waals surface area (Å²) in [6.07, 6.45) is 0. The average Bonchev–Trinajstić information content (AvgIpc) is 2.64. The quantitative estimate of drug-likeness (QED) is 0.595. The molecule has 0 spiro atoms. The van der Waals surface area contributed by atoms with Crippen LogP contribution < -0.4 is 0 Å². The second-order valence-corrected chi connectivity index (χ2v) is 3.68. The molecule has 0 aliphatic carbocycles. The lowest BCUT2D eigenvalue weighted by Crippen LogP contribution is -2.00. The van der Waals surface area contributed by atoms with Crippen LogP contribution in [-0.4, -0.2) is 22.6 Å². The number of carbonyl (C=O) groups excluding carboxylic acids is 1. The highest BCUT2D eigenvalue weighted by atomic mass is 35.5. The molecule has 0 unspecified atom stereocenters. The van der Waals surface area contributed by atoms with Crippen LogP contribution in [0.3, 0.4) is 0 Å². The molecule has 84 valence electrons. The van der Waals surface area contributed by atoms with Crippen LogP contribution in [0.2, 0.25) is 0 Å². The van der Waals surface area contributed by atoms with E-state index in [1.165, 1.54) is 7.11 Å². The molecule has 0 atom stereocenters. The minimum absolute atomic E-state index is 0.346. The number of carbonyl (C=O) groups is 1. The number of aryl methyl sites for hydroxylation is 1. The molecule has 0 radical (unpaired) electrons. The molecule has 0 fully saturated rings. The molecule has 2 aromatic rings. The first-order valence-electron chi connectivity index (χ1n) is 4.77. The van der Waals surface area contributed by atoms with Crippen molar-refractivity contribution in [2.24, 2.45) is 7.05 Å². The maximum atomic E-state index is 11.3. The number of halogens is 1. The van der Waals surface area contributed by atoms with Crippen LogP contribution in [0, 0.1) is 0 Å². The molecule has 0 amide bonds. The van der Waals surface area contributed by atoms with E-state index in [-0.39, 0.29) is 5.97 Å². The van der Waals surface area contributed by atoms with Gasteiger partial charge < -0.3 is 9.30 Å². The first kappa shape index (κ1) is 11.0. The van der Waals surface area contributed by atoms with E-state index >= 15 is 0 Å². The highest BCUT2D eigenvalue weighted by molar-refractivity contribution is 6.16. The summed E-state index contributed by atoms with van der Waals surface area (Å²) in [4.78, 5) is 15.7. The predicted molar refractivity (Wildman–Crippen MR) is 61.6 cm³/mol. The Labute approximate surface area is 97.8 Å². The van der Waals surface area contributed by atoms with Gasteiger partial charge in [0.1, 0.15) is 5.82 Å². The number of methoxy groups -OCH3 is 1. The number of rotatable bonds is 2. The molecule has 0 saturated heterocycles. The van der Waals surface area contributed by atoms with Gasteiger partial charge in [0.2, 0.25) is 0 Å². The topological polar surface area (TPSA) is 44.1 Å². The van der Waals surface area contributed by atoms with Gasteiger partial charge in [0.15, 0.2) is 0 Å². The summed E-state index contributed by atoms with van der Waals surface area (Å²) in [5, 5.41) is 0. The Morgan fingerprint density at radius 1 is 1.56 bits per heavy atom. The summed E-state index contributed by atoms with van der Waals surface area (Å²) in [5.74, 6) is 0.761. The molecule has 5 heteroatoms. The predicted octanol–water partition coefficient (Wildman–Crippen LogP) is 2.10. The lowest BCUT2D eigenvalue weighted by Gasteiger charge is -1.99. The Balaban J connectivity index is 2.59. The second-order valence-electron chi connectivity index (χ2n) is 3.42. The van der Waals surface area contributed by atoms with Gasteiger partial charge in [-0.1, -0.05) is 0 Å². The molecule has 1 aromatic carbocycles. The number of benzene rings is 1. The van der Waals surface area contributed by atoms with Crippen LogP contribution in [-0.2, 0) is 17.7 Å². The Bertz CT molecular complexity index is 548. The number of ether oxygens (including phenoxy) is 1. The molecule has 4 nitrogen and oxygen atoms in total. The number of aromatic nitrogens is 2. The zero-order valence-corrected chi connectivity index (χ0v) is 9.78. The Kier molecular flexibility index (Phi) is 2.83. The number of nitrogens with zero attached hydrogens (tertiary/aromatic N) is 2. The molecule has 0 aliphatic heterocycles. The molecular weight excluding hydrogens is 228 g/mol. The summed E-state index contributed by atoms with van der Waals surface area (Å²) in [7, 11) is 3.25. The van der Waals surface area contributed by atoms with Crippen molar-refractivity contribution in [3.05, 3.63) is 29.6 Å². The van der Waals surface area contributed by atoms with E-state index in [0.29, 0.717) is 11.4 Å². The van der Waals surface area contributed by atoms with Crippen molar-refractivity contribution in [2.75, 3.05) is 7.11 Å². The van der Waals surface area contributed by atoms with Crippen molar-refractivity contribution in [3.8, 4) is 0 Å². The van der Waals surface area contributed by atoms with Crippen molar-refractivity contribution in [1.29, 1.82) is 0 Å². The van der Waals surface area contributed by atoms with Crippen molar-refractivity contribution < 1.29 is 9.53 Å². The molecule has 0 saturated carbocycles. The van der Waals surface area contributed by atoms with Crippen molar-refractivity contribution >= 4 is 28.6 Å². The zero-order chi connectivity index (χ0) is 11.7. The van der Waals surface area contributed by atoms with Crippen LogP contribution in [0.4, 0.5) is 0 Å². The fourth-order valence-electron chi connectivity index (χ4n) is 1.61. The van der Waals surface area contributed by atoms with E-state index < -0.39 is 0 Å². The van der Waals surface area contributed by atoms with E-state index in [9.17, 15) is 4.79 Å². The maximum absolute atomic E-state index is 11.3. The molecule has 0 N–H and O–H groups in total. The van der Waals surface area contributed by atoms with Crippen LogP contribution in [0.1, 0.15) is 16.2 Å². The van der Waals surface area contributed by atoms with Crippen LogP contribution >= 0.6 is 11.6 Å². The molecule has 0 aliphatic rings. The first-order valence-corrected chi connectivity index (χ1v) is 5.30. The number of alkyl halides is 1. The van der Waals surface area contributed by atoms with Gasteiger partial charge in [0, 0.05) is 7.05 Å². The molecule has 16 heavy (non-hydrogen) atoms. The molecule has 1 heterocycles. The first-order chi connectivity index (χ1) is 7.67. The van der Waals surface area contributed by atoms with Gasteiger partial charge in [-0.2, -0.15) is 0 Å². The molecule has 2 rings (SSSR count). The smallest absolute Gasteiger partial charge is 0.337 e. The normalized spacial score (nSPS) is 10.7. The number of esters is 1. The third kappa shape index (κ3) is 1.65. The summed E-state index contributed by atoms with van der Waals surface area (Å²) < 4.78 is 6.56. The number of fused-ring (bicyclic) bond motifs is 1. The fraction of sp³-hybridized carbons (Fsp3) is 0.273. The third-order valence-corrected chi connectivity index (χ3v) is 2.75. The molecule has 0 bridgehead atoms. The van der Waals surface area contributed by atoms with E-state index in [1.54, 1.807) is 12.1 Å². The number of hydrogen-bond acceptors (Lipinski definition) is 3. The van der Waals surface area contributed by atoms with Crippen molar-refractivity contribution in [2.45, 2.75) is 5.88 Å². The Morgan fingerprint density at radius 2 is 2.31 bits per heavy atom. The van der Waals surface area contributed by atoms with Gasteiger partial charge in [0.05, 0.1) is 29.6 Å². The van der Waals surface area contributed by atoms with Gasteiger partial charge in [-0.15, -0.1) is 11.6 Å². The van der Waals surface area contributed by atoms with Crippen molar-refractivity contribution in [3.63, 3.8) is 0 Å². The standard InChI is InChI=1S/C11H11ClN2O2/c1-14-9-4-3-7(11(15)16-2)5-8(9)13-10(14)6-12/h3-5H,6H2,1-2H3. The molecule has 1 aromatic heterocycles. The molecular formula is C11H11ClN2O2. The summed E-state index contributed by atoms with van der Waals surface area (Å²) in [6, 6.07) is 5.26. The summed E-state index contributed by atoms with van der Waals surface area (Å²) in [5.41, 5.74) is 2.19. The van der Waals surface area contributed by atoms with E-state index in [4.69, 9.17) is 11.6 Å². The van der Waals surface area contributed by atoms with E-state index in [1.807, 2.05) is 17.7 Å². The average molecular weight is 239 g/mol. The minimum atomic E-state index is -0.361. The van der Waals surface area contributed by atoms with Crippen LogP contribution in [0.5, 0.6) is 0 Å². The van der Waals surface area contributed by atoms with Crippen LogP contribution in [0.15, 0.2) is 18.2 Å². The number of imidazole rings is 1. The van der Waals surface area contributed by atoms with Gasteiger partial charge >= 0.3 is 5.97 Å². The SMILES string of the molecule is COC(=O)c1ccc2c(c1)nc(CCl)n2C. The summed E-state index contributed by atoms with van der Waals surface area (Å²) >= 11 is 5.76. The summed E-state index contributed by atoms with van der Waals surface area (Å²) in [6.45, 7) is 0. The maximum Gasteiger partial charge on any atom is 0.337 e. The van der Waals surface area contributed by atoms with Gasteiger partial charge in [-0.3, -0.25) is 0 Å². The highest BCUT2D eigenvalue weighted by Gasteiger charge is 2.10. The zero-order valence-electron chi connectivity index (χ0n) is 9.03. The van der Waals surface area contributed by atoms with Gasteiger partial charge in [0.25, 0.3) is 0 Å². The Hall–Kier alpha value is -1.55. The van der Waals surface area contributed by atoms with E-state index in [2.05, 4.69) is 9.72 Å². The number of hydrogen-bond donors (Lipinski definition) is 0. The lowest BCUT2D eigenvalue weighted by atomic mass is 10.2. The second kappa shape index (κ2) is 4.14.